The van der Waals surface area contributed by atoms with Crippen LogP contribution in [0.3, 0.4) is 0 Å². The van der Waals surface area contributed by atoms with E-state index in [1.54, 1.807) is 6.20 Å². The minimum absolute atomic E-state index is 0.241. The molecule has 0 aliphatic carbocycles. The summed E-state index contributed by atoms with van der Waals surface area (Å²) in [6.07, 6.45) is 6.54. The maximum Gasteiger partial charge on any atom is 0.223 e. The Bertz CT molecular complexity index is 374. The molecule has 1 aromatic rings. The molecular formula is C14H21N3O. The Morgan fingerprint density at radius 2 is 2.28 bits per heavy atom. The lowest BCUT2D eigenvalue weighted by Gasteiger charge is -2.17. The lowest BCUT2D eigenvalue weighted by atomic mass is 10.1. The van der Waals surface area contributed by atoms with Crippen LogP contribution in [0, 0.1) is 0 Å². The van der Waals surface area contributed by atoms with E-state index in [1.165, 1.54) is 0 Å². The van der Waals surface area contributed by atoms with E-state index in [2.05, 4.69) is 17.2 Å². The number of hydrogen-bond donors (Lipinski definition) is 1. The first-order valence-corrected chi connectivity index (χ1v) is 6.68. The number of aromatic nitrogens is 1. The van der Waals surface area contributed by atoms with E-state index in [4.69, 9.17) is 0 Å². The van der Waals surface area contributed by atoms with Gasteiger partial charge in [-0.25, -0.2) is 0 Å². The highest BCUT2D eigenvalue weighted by atomic mass is 16.2. The third kappa shape index (κ3) is 3.53. The molecule has 2 heterocycles. The van der Waals surface area contributed by atoms with Crippen LogP contribution >= 0.6 is 0 Å². The summed E-state index contributed by atoms with van der Waals surface area (Å²) in [6.45, 7) is 4.71. The van der Waals surface area contributed by atoms with Crippen molar-refractivity contribution in [3.8, 4) is 0 Å². The van der Waals surface area contributed by atoms with Crippen molar-refractivity contribution in [2.24, 2.45) is 0 Å². The van der Waals surface area contributed by atoms with Gasteiger partial charge < -0.3 is 10.2 Å². The lowest BCUT2D eigenvalue weighted by molar-refractivity contribution is -0.130. The van der Waals surface area contributed by atoms with Gasteiger partial charge in [0.15, 0.2) is 0 Å². The zero-order chi connectivity index (χ0) is 12.8. The lowest BCUT2D eigenvalue weighted by Crippen LogP contribution is -2.31. The highest BCUT2D eigenvalue weighted by Gasteiger charge is 2.17. The molecule has 18 heavy (non-hydrogen) atoms. The second kappa shape index (κ2) is 6.50. The predicted molar refractivity (Wildman–Crippen MR) is 71.1 cm³/mol. The molecule has 1 aromatic heterocycles. The van der Waals surface area contributed by atoms with Crippen LogP contribution in [-0.4, -0.2) is 35.4 Å². The van der Waals surface area contributed by atoms with Crippen molar-refractivity contribution >= 4 is 5.91 Å². The molecule has 4 heteroatoms. The van der Waals surface area contributed by atoms with E-state index >= 15 is 0 Å². The molecule has 98 valence electrons. The third-order valence-electron chi connectivity index (χ3n) is 3.43. The highest BCUT2D eigenvalue weighted by Crippen LogP contribution is 2.11. The van der Waals surface area contributed by atoms with Gasteiger partial charge in [0.2, 0.25) is 5.91 Å². The Morgan fingerprint density at radius 1 is 1.50 bits per heavy atom. The summed E-state index contributed by atoms with van der Waals surface area (Å²) in [5, 5.41) is 3.37. The maximum atomic E-state index is 11.8. The van der Waals surface area contributed by atoms with E-state index in [1.807, 2.05) is 23.2 Å². The van der Waals surface area contributed by atoms with Crippen LogP contribution in [0.1, 0.15) is 37.8 Å². The molecule has 1 fully saturated rings. The van der Waals surface area contributed by atoms with Gasteiger partial charge in [-0.15, -0.1) is 0 Å². The minimum atomic E-state index is 0.241. The molecule has 2 rings (SSSR count). The number of nitrogens with one attached hydrogen (secondary N) is 1. The van der Waals surface area contributed by atoms with E-state index in [0.717, 1.165) is 38.0 Å². The number of hydrogen-bond acceptors (Lipinski definition) is 3. The molecule has 1 unspecified atom stereocenters. The molecule has 0 aromatic carbocycles. The number of nitrogens with zero attached hydrogens (tertiary/aromatic N) is 2. The SMILES string of the molecule is CC(NCCC(=O)N1CCCC1)c1cccnc1. The molecule has 4 nitrogen and oxygen atoms in total. The number of amides is 1. The number of carbonyl (C=O) groups is 1. The molecule has 1 amide bonds. The van der Waals surface area contributed by atoms with Gasteiger partial charge in [0.25, 0.3) is 0 Å². The Balaban J connectivity index is 1.70. The molecule has 0 spiro atoms. The maximum absolute atomic E-state index is 11.8. The van der Waals surface area contributed by atoms with Gasteiger partial charge in [-0.3, -0.25) is 9.78 Å². The number of carbonyl (C=O) groups excluding carboxylic acids is 1. The largest absolute Gasteiger partial charge is 0.343 e. The molecule has 0 saturated carbocycles. The van der Waals surface area contributed by atoms with Gasteiger partial charge in [0.1, 0.15) is 0 Å². The molecule has 1 saturated heterocycles. The van der Waals surface area contributed by atoms with Crippen LogP contribution in [-0.2, 0) is 4.79 Å². The topological polar surface area (TPSA) is 45.2 Å². The van der Waals surface area contributed by atoms with Crippen molar-refractivity contribution in [1.82, 2.24) is 15.2 Å². The zero-order valence-corrected chi connectivity index (χ0v) is 10.9. The van der Waals surface area contributed by atoms with Crippen molar-refractivity contribution < 1.29 is 4.79 Å². The summed E-state index contributed by atoms with van der Waals surface area (Å²) >= 11 is 0. The van der Waals surface area contributed by atoms with Crippen LogP contribution in [0.5, 0.6) is 0 Å². The molecule has 1 aliphatic heterocycles. The molecule has 1 N–H and O–H groups in total. The third-order valence-corrected chi connectivity index (χ3v) is 3.43. The fourth-order valence-electron chi connectivity index (χ4n) is 2.27. The molecule has 0 bridgehead atoms. The average molecular weight is 247 g/mol. The van der Waals surface area contributed by atoms with Gasteiger partial charge in [-0.1, -0.05) is 6.07 Å². The Hall–Kier alpha value is -1.42. The Kier molecular flexibility index (Phi) is 4.70. The number of likely N-dealkylation sites (tertiary alicyclic amines) is 1. The average Bonchev–Trinajstić information content (AvgIpc) is 2.93. The van der Waals surface area contributed by atoms with Crippen LogP contribution in [0.2, 0.25) is 0 Å². The Labute approximate surface area is 108 Å². The minimum Gasteiger partial charge on any atom is -0.343 e. The van der Waals surface area contributed by atoms with Gasteiger partial charge in [0, 0.05) is 44.5 Å². The monoisotopic (exact) mass is 247 g/mol. The second-order valence-corrected chi connectivity index (χ2v) is 4.80. The van der Waals surface area contributed by atoms with Crippen LogP contribution in [0.15, 0.2) is 24.5 Å². The summed E-state index contributed by atoms with van der Waals surface area (Å²) in [5.41, 5.74) is 1.16. The molecule has 1 atom stereocenters. The smallest absolute Gasteiger partial charge is 0.223 e. The summed E-state index contributed by atoms with van der Waals surface area (Å²) in [7, 11) is 0. The standard InChI is InChI=1S/C14H21N3O/c1-12(13-5-4-7-15-11-13)16-8-6-14(18)17-9-2-3-10-17/h4-5,7,11-12,16H,2-3,6,8-10H2,1H3. The van der Waals surface area contributed by atoms with E-state index in [-0.39, 0.29) is 11.9 Å². The zero-order valence-electron chi connectivity index (χ0n) is 10.9. The fourth-order valence-corrected chi connectivity index (χ4v) is 2.27. The number of rotatable bonds is 5. The van der Waals surface area contributed by atoms with E-state index in [9.17, 15) is 4.79 Å². The van der Waals surface area contributed by atoms with Crippen molar-refractivity contribution in [1.29, 1.82) is 0 Å². The predicted octanol–water partition coefficient (Wildman–Crippen LogP) is 1.74. The van der Waals surface area contributed by atoms with E-state index < -0.39 is 0 Å². The van der Waals surface area contributed by atoms with Crippen LogP contribution in [0.25, 0.3) is 0 Å². The normalized spacial score (nSPS) is 16.8. The van der Waals surface area contributed by atoms with Gasteiger partial charge >= 0.3 is 0 Å². The van der Waals surface area contributed by atoms with Crippen molar-refractivity contribution in [2.75, 3.05) is 19.6 Å². The first kappa shape index (κ1) is 13.0. The summed E-state index contributed by atoms with van der Waals surface area (Å²) in [4.78, 5) is 17.9. The fraction of sp³-hybridized carbons (Fsp3) is 0.571. The van der Waals surface area contributed by atoms with Crippen LogP contribution in [0.4, 0.5) is 0 Å². The van der Waals surface area contributed by atoms with Crippen LogP contribution < -0.4 is 5.32 Å². The van der Waals surface area contributed by atoms with E-state index in [0.29, 0.717) is 6.42 Å². The quantitative estimate of drug-likeness (QED) is 0.862. The molecular weight excluding hydrogens is 226 g/mol. The van der Waals surface area contributed by atoms with Gasteiger partial charge in [-0.05, 0) is 31.4 Å². The molecule has 1 aliphatic rings. The van der Waals surface area contributed by atoms with Crippen molar-refractivity contribution in [3.63, 3.8) is 0 Å². The first-order chi connectivity index (χ1) is 8.77. The Morgan fingerprint density at radius 3 is 2.94 bits per heavy atom. The first-order valence-electron chi connectivity index (χ1n) is 6.68. The molecule has 0 radical (unpaired) electrons. The van der Waals surface area contributed by atoms with Gasteiger partial charge in [0.05, 0.1) is 0 Å². The summed E-state index contributed by atoms with van der Waals surface area (Å²) in [6, 6.07) is 4.22. The van der Waals surface area contributed by atoms with Gasteiger partial charge in [-0.2, -0.15) is 0 Å². The van der Waals surface area contributed by atoms with Crippen molar-refractivity contribution in [2.45, 2.75) is 32.2 Å². The summed E-state index contributed by atoms with van der Waals surface area (Å²) < 4.78 is 0. The summed E-state index contributed by atoms with van der Waals surface area (Å²) in [5.74, 6) is 0.276. The second-order valence-electron chi connectivity index (χ2n) is 4.80. The van der Waals surface area contributed by atoms with Crippen molar-refractivity contribution in [3.05, 3.63) is 30.1 Å². The number of pyridine rings is 1. The highest BCUT2D eigenvalue weighted by molar-refractivity contribution is 5.76.